The third kappa shape index (κ3) is 2.04. The number of nitrogens with zero attached hydrogens (tertiary/aromatic N) is 3. The fraction of sp³-hybridized carbons (Fsp3) is 0.250. The van der Waals surface area contributed by atoms with E-state index < -0.39 is 6.04 Å². The first kappa shape index (κ1) is 12.1. The fourth-order valence-corrected chi connectivity index (χ4v) is 1.74. The van der Waals surface area contributed by atoms with Gasteiger partial charge in [0.25, 0.3) is 0 Å². The fourth-order valence-electron chi connectivity index (χ4n) is 1.74. The molecule has 0 aliphatic carbocycles. The Balaban J connectivity index is 2.46. The van der Waals surface area contributed by atoms with Crippen LogP contribution in [-0.2, 0) is 9.53 Å². The molecule has 0 fully saturated rings. The monoisotopic (exact) mass is 246 g/mol. The van der Waals surface area contributed by atoms with Crippen molar-refractivity contribution in [2.45, 2.75) is 13.0 Å². The maximum Gasteiger partial charge on any atom is 0.328 e. The molecule has 2 aromatic rings. The summed E-state index contributed by atoms with van der Waals surface area (Å²) in [5.41, 5.74) is 7.30. The molecule has 0 aromatic carbocycles. The Morgan fingerprint density at radius 1 is 1.56 bits per heavy atom. The van der Waals surface area contributed by atoms with Crippen molar-refractivity contribution in [3.8, 4) is 11.3 Å². The third-order valence-corrected chi connectivity index (χ3v) is 2.74. The van der Waals surface area contributed by atoms with Crippen LogP contribution in [0.25, 0.3) is 11.3 Å². The predicted molar refractivity (Wildman–Crippen MR) is 66.6 cm³/mol. The topological polar surface area (TPSA) is 83.0 Å². The number of methoxy groups -OCH3 is 1. The standard InChI is InChI=1S/C12H14N4O2/c1-8(12(17)18-2)16-7-14-6-10(16)9-4-3-5-15-11(9)13/h3-8H,1-2H3,(H2,13,15). The first-order valence-electron chi connectivity index (χ1n) is 5.45. The van der Waals surface area contributed by atoms with Gasteiger partial charge in [0, 0.05) is 11.8 Å². The first-order valence-corrected chi connectivity index (χ1v) is 5.45. The van der Waals surface area contributed by atoms with Crippen LogP contribution in [0, 0.1) is 0 Å². The number of rotatable bonds is 3. The highest BCUT2D eigenvalue weighted by Gasteiger charge is 2.19. The number of hydrogen-bond acceptors (Lipinski definition) is 5. The molecule has 94 valence electrons. The van der Waals surface area contributed by atoms with Gasteiger partial charge in [-0.3, -0.25) is 0 Å². The molecule has 0 amide bonds. The van der Waals surface area contributed by atoms with Crippen LogP contribution < -0.4 is 5.73 Å². The Morgan fingerprint density at radius 2 is 2.33 bits per heavy atom. The average molecular weight is 246 g/mol. The Bertz CT molecular complexity index is 565. The molecule has 2 rings (SSSR count). The highest BCUT2D eigenvalue weighted by molar-refractivity contribution is 5.76. The molecule has 2 N–H and O–H groups in total. The van der Waals surface area contributed by atoms with E-state index >= 15 is 0 Å². The van der Waals surface area contributed by atoms with Gasteiger partial charge in [0.15, 0.2) is 0 Å². The molecule has 0 spiro atoms. The molecule has 6 heteroatoms. The van der Waals surface area contributed by atoms with Gasteiger partial charge in [-0.05, 0) is 19.1 Å². The van der Waals surface area contributed by atoms with Crippen molar-refractivity contribution >= 4 is 11.8 Å². The van der Waals surface area contributed by atoms with Crippen molar-refractivity contribution in [1.29, 1.82) is 0 Å². The molecule has 1 atom stereocenters. The first-order chi connectivity index (χ1) is 8.65. The van der Waals surface area contributed by atoms with Gasteiger partial charge in [0.05, 0.1) is 25.3 Å². The van der Waals surface area contributed by atoms with Crippen molar-refractivity contribution in [2.75, 3.05) is 12.8 Å². The molecule has 18 heavy (non-hydrogen) atoms. The lowest BCUT2D eigenvalue weighted by atomic mass is 10.2. The van der Waals surface area contributed by atoms with Gasteiger partial charge in [0.1, 0.15) is 11.9 Å². The van der Waals surface area contributed by atoms with Crippen molar-refractivity contribution in [1.82, 2.24) is 14.5 Å². The van der Waals surface area contributed by atoms with Gasteiger partial charge in [-0.25, -0.2) is 14.8 Å². The number of hydrogen-bond donors (Lipinski definition) is 1. The largest absolute Gasteiger partial charge is 0.467 e. The van der Waals surface area contributed by atoms with E-state index in [1.54, 1.807) is 36.3 Å². The van der Waals surface area contributed by atoms with Gasteiger partial charge in [-0.1, -0.05) is 0 Å². The molecule has 0 bridgehead atoms. The molecule has 0 radical (unpaired) electrons. The Kier molecular flexibility index (Phi) is 3.27. The number of nitrogen functional groups attached to an aromatic ring is 1. The average Bonchev–Trinajstić information content (AvgIpc) is 2.86. The number of aromatic nitrogens is 3. The molecule has 0 aliphatic rings. The summed E-state index contributed by atoms with van der Waals surface area (Å²) in [5.74, 6) is 0.0630. The van der Waals surface area contributed by atoms with Crippen molar-refractivity contribution in [3.05, 3.63) is 30.9 Å². The van der Waals surface area contributed by atoms with Crippen LogP contribution >= 0.6 is 0 Å². The number of ether oxygens (including phenoxy) is 1. The highest BCUT2D eigenvalue weighted by atomic mass is 16.5. The lowest BCUT2D eigenvalue weighted by Gasteiger charge is -2.14. The maximum atomic E-state index is 11.6. The van der Waals surface area contributed by atoms with Crippen molar-refractivity contribution in [3.63, 3.8) is 0 Å². The van der Waals surface area contributed by atoms with E-state index in [-0.39, 0.29) is 5.97 Å². The van der Waals surface area contributed by atoms with E-state index in [0.717, 1.165) is 11.3 Å². The summed E-state index contributed by atoms with van der Waals surface area (Å²) in [5, 5.41) is 0. The zero-order valence-corrected chi connectivity index (χ0v) is 10.2. The van der Waals surface area contributed by atoms with E-state index in [9.17, 15) is 4.79 Å². The van der Waals surface area contributed by atoms with E-state index in [4.69, 9.17) is 10.5 Å². The number of anilines is 1. The second kappa shape index (κ2) is 4.87. The molecule has 6 nitrogen and oxygen atoms in total. The number of nitrogens with two attached hydrogens (primary N) is 1. The minimum atomic E-state index is -0.466. The smallest absolute Gasteiger partial charge is 0.328 e. The van der Waals surface area contributed by atoms with Crippen molar-refractivity contribution < 1.29 is 9.53 Å². The zero-order chi connectivity index (χ0) is 13.1. The summed E-state index contributed by atoms with van der Waals surface area (Å²) in [6.45, 7) is 1.74. The number of esters is 1. The Hall–Kier alpha value is -2.37. The molecule has 2 aromatic heterocycles. The maximum absolute atomic E-state index is 11.6. The van der Waals surface area contributed by atoms with Crippen LogP contribution in [0.3, 0.4) is 0 Å². The quantitative estimate of drug-likeness (QED) is 0.824. The van der Waals surface area contributed by atoms with Crippen LogP contribution in [0.5, 0.6) is 0 Å². The Labute approximate surface area is 104 Å². The lowest BCUT2D eigenvalue weighted by Crippen LogP contribution is -2.18. The number of imidazole rings is 1. The highest BCUT2D eigenvalue weighted by Crippen LogP contribution is 2.26. The summed E-state index contributed by atoms with van der Waals surface area (Å²) in [4.78, 5) is 19.6. The van der Waals surface area contributed by atoms with E-state index in [0.29, 0.717) is 5.82 Å². The van der Waals surface area contributed by atoms with E-state index in [1.165, 1.54) is 7.11 Å². The van der Waals surface area contributed by atoms with Gasteiger partial charge < -0.3 is 15.0 Å². The summed E-state index contributed by atoms with van der Waals surface area (Å²) < 4.78 is 6.43. The van der Waals surface area contributed by atoms with Gasteiger partial charge in [-0.2, -0.15) is 0 Å². The van der Waals surface area contributed by atoms with Gasteiger partial charge >= 0.3 is 5.97 Å². The lowest BCUT2D eigenvalue weighted by molar-refractivity contribution is -0.143. The molecular weight excluding hydrogens is 232 g/mol. The molecule has 1 unspecified atom stereocenters. The normalized spacial score (nSPS) is 12.1. The summed E-state index contributed by atoms with van der Waals surface area (Å²) in [7, 11) is 1.36. The molecule has 0 saturated carbocycles. The second-order valence-electron chi connectivity index (χ2n) is 3.82. The Morgan fingerprint density at radius 3 is 3.00 bits per heavy atom. The zero-order valence-electron chi connectivity index (χ0n) is 10.2. The van der Waals surface area contributed by atoms with Crippen LogP contribution in [-0.4, -0.2) is 27.6 Å². The SMILES string of the molecule is COC(=O)C(C)n1cncc1-c1cccnc1N. The van der Waals surface area contributed by atoms with E-state index in [2.05, 4.69) is 9.97 Å². The minimum Gasteiger partial charge on any atom is -0.467 e. The number of pyridine rings is 1. The minimum absolute atomic E-state index is 0.336. The molecule has 0 saturated heterocycles. The summed E-state index contributed by atoms with van der Waals surface area (Å²) in [6, 6.07) is 3.15. The molecule has 0 aliphatic heterocycles. The number of carbonyl (C=O) groups excluding carboxylic acids is 1. The van der Waals surface area contributed by atoms with Crippen LogP contribution in [0.4, 0.5) is 5.82 Å². The number of carbonyl (C=O) groups is 1. The van der Waals surface area contributed by atoms with Gasteiger partial charge in [-0.15, -0.1) is 0 Å². The molecule has 2 heterocycles. The summed E-state index contributed by atoms with van der Waals surface area (Å²) >= 11 is 0. The van der Waals surface area contributed by atoms with Crippen LogP contribution in [0.15, 0.2) is 30.9 Å². The molecular formula is C12H14N4O2. The summed E-state index contributed by atoms with van der Waals surface area (Å²) in [6.07, 6.45) is 4.83. The van der Waals surface area contributed by atoms with E-state index in [1.807, 2.05) is 6.07 Å². The predicted octanol–water partition coefficient (Wildman–Crippen LogP) is 1.26. The third-order valence-electron chi connectivity index (χ3n) is 2.74. The van der Waals surface area contributed by atoms with Gasteiger partial charge in [0.2, 0.25) is 0 Å². The van der Waals surface area contributed by atoms with Crippen molar-refractivity contribution in [2.24, 2.45) is 0 Å². The van der Waals surface area contributed by atoms with Crippen LogP contribution in [0.1, 0.15) is 13.0 Å². The second-order valence-corrected chi connectivity index (χ2v) is 3.82. The van der Waals surface area contributed by atoms with Crippen LogP contribution in [0.2, 0.25) is 0 Å².